The van der Waals surface area contributed by atoms with Gasteiger partial charge in [-0.25, -0.2) is 12.8 Å². The molecule has 1 aliphatic heterocycles. The summed E-state index contributed by atoms with van der Waals surface area (Å²) in [5.41, 5.74) is -1.01. The maximum atomic E-state index is 14.7. The van der Waals surface area contributed by atoms with Gasteiger partial charge in [0.05, 0.1) is 16.5 Å². The molecule has 36 heavy (non-hydrogen) atoms. The smallest absolute Gasteiger partial charge is 0.347 e. The average molecular weight is 527 g/mol. The number of alkyl halides is 3. The Bertz CT molecular complexity index is 1290. The highest BCUT2D eigenvalue weighted by Crippen LogP contribution is 2.43. The summed E-state index contributed by atoms with van der Waals surface area (Å²) in [6.45, 7) is 2.14. The largest absolute Gasteiger partial charge is 0.416 e. The Morgan fingerprint density at radius 1 is 1.11 bits per heavy atom. The number of nitrogens with zero attached hydrogens (tertiary/aromatic N) is 1. The number of hydrogen-bond donors (Lipinski definition) is 1. The minimum absolute atomic E-state index is 0.0202. The summed E-state index contributed by atoms with van der Waals surface area (Å²) in [4.78, 5) is 27.9. The van der Waals surface area contributed by atoms with Gasteiger partial charge in [-0.3, -0.25) is 9.59 Å². The maximum Gasteiger partial charge on any atom is 0.416 e. The van der Waals surface area contributed by atoms with Crippen LogP contribution in [0.3, 0.4) is 0 Å². The van der Waals surface area contributed by atoms with Gasteiger partial charge in [-0.05, 0) is 61.4 Å². The molecule has 2 aliphatic rings. The van der Waals surface area contributed by atoms with Crippen molar-refractivity contribution in [2.24, 2.45) is 11.8 Å². The molecule has 2 aromatic carbocycles. The highest BCUT2D eigenvalue weighted by atomic mass is 32.2. The fraction of sp³-hybridized carbons (Fsp3) is 0.440. The molecule has 0 spiro atoms. The number of halogens is 4. The third-order valence-electron chi connectivity index (χ3n) is 6.64. The number of carbonyl (C=O) groups is 2. The first kappa shape index (κ1) is 26.1. The highest BCUT2D eigenvalue weighted by Gasteiger charge is 2.42. The van der Waals surface area contributed by atoms with E-state index in [1.807, 2.05) is 6.92 Å². The topological polar surface area (TPSA) is 83.6 Å². The van der Waals surface area contributed by atoms with E-state index < -0.39 is 51.3 Å². The molecule has 2 aromatic rings. The molecule has 0 unspecified atom stereocenters. The van der Waals surface area contributed by atoms with Crippen LogP contribution in [0.15, 0.2) is 47.4 Å². The van der Waals surface area contributed by atoms with Gasteiger partial charge in [-0.15, -0.1) is 0 Å². The molecule has 1 heterocycles. The number of carbonyl (C=O) groups excluding carboxylic acids is 2. The summed E-state index contributed by atoms with van der Waals surface area (Å²) in [7, 11) is -3.54. The van der Waals surface area contributed by atoms with Crippen LogP contribution in [-0.2, 0) is 20.8 Å². The number of benzene rings is 2. The van der Waals surface area contributed by atoms with Crippen LogP contribution in [0.4, 0.5) is 17.6 Å². The standard InChI is InChI=1S/C25H26F4N2O4S/c1-14-10-21(31(13-14)24(33)16-4-3-5-18(11-16)36(2,34)35)23(32)30-22(15-6-7-15)19-9-8-17(12-20(19)26)25(27,28)29/h3-5,8-9,11-12,14-15,21-22H,6-7,10,13H2,1-2H3,(H,30,32)/t14-,21-,22-/m1/s1. The van der Waals surface area contributed by atoms with Crippen molar-refractivity contribution < 1.29 is 35.6 Å². The molecule has 2 fully saturated rings. The second kappa shape index (κ2) is 9.49. The predicted molar refractivity (Wildman–Crippen MR) is 123 cm³/mol. The molecule has 0 aromatic heterocycles. The molecule has 1 aliphatic carbocycles. The zero-order chi connectivity index (χ0) is 26.4. The lowest BCUT2D eigenvalue weighted by atomic mass is 9.98. The number of hydrogen-bond acceptors (Lipinski definition) is 4. The van der Waals surface area contributed by atoms with Crippen molar-refractivity contribution >= 4 is 21.7 Å². The number of sulfone groups is 1. The van der Waals surface area contributed by atoms with Gasteiger partial charge in [0, 0.05) is 23.9 Å². The zero-order valence-electron chi connectivity index (χ0n) is 19.7. The van der Waals surface area contributed by atoms with Crippen LogP contribution < -0.4 is 5.32 Å². The Kier molecular flexibility index (Phi) is 6.89. The molecule has 11 heteroatoms. The zero-order valence-corrected chi connectivity index (χ0v) is 20.5. The van der Waals surface area contributed by atoms with Crippen LogP contribution >= 0.6 is 0 Å². The van der Waals surface area contributed by atoms with E-state index in [9.17, 15) is 35.6 Å². The van der Waals surface area contributed by atoms with Crippen molar-refractivity contribution in [3.8, 4) is 0 Å². The van der Waals surface area contributed by atoms with Crippen LogP contribution in [0, 0.1) is 17.7 Å². The van der Waals surface area contributed by atoms with E-state index >= 15 is 0 Å². The summed E-state index contributed by atoms with van der Waals surface area (Å²) >= 11 is 0. The summed E-state index contributed by atoms with van der Waals surface area (Å²) in [6, 6.07) is 6.14. The second-order valence-corrected chi connectivity index (χ2v) is 11.7. The Balaban J connectivity index is 1.57. The van der Waals surface area contributed by atoms with Gasteiger partial charge in [0.2, 0.25) is 5.91 Å². The van der Waals surface area contributed by atoms with Gasteiger partial charge in [0.25, 0.3) is 5.91 Å². The monoisotopic (exact) mass is 526 g/mol. The minimum Gasteiger partial charge on any atom is -0.347 e. The summed E-state index contributed by atoms with van der Waals surface area (Å²) in [6.07, 6.45) is -1.94. The Morgan fingerprint density at radius 3 is 2.39 bits per heavy atom. The minimum atomic E-state index is -4.69. The van der Waals surface area contributed by atoms with Gasteiger partial charge in [-0.2, -0.15) is 13.2 Å². The van der Waals surface area contributed by atoms with Crippen molar-refractivity contribution in [2.45, 2.75) is 49.3 Å². The van der Waals surface area contributed by atoms with E-state index in [2.05, 4.69) is 5.32 Å². The van der Waals surface area contributed by atoms with Gasteiger partial charge in [0.1, 0.15) is 11.9 Å². The van der Waals surface area contributed by atoms with Crippen LogP contribution in [-0.4, -0.2) is 44.0 Å². The fourth-order valence-electron chi connectivity index (χ4n) is 4.63. The van der Waals surface area contributed by atoms with Crippen molar-refractivity contribution in [3.63, 3.8) is 0 Å². The van der Waals surface area contributed by atoms with E-state index in [0.717, 1.165) is 18.4 Å². The maximum absolute atomic E-state index is 14.7. The molecule has 0 radical (unpaired) electrons. The first-order chi connectivity index (χ1) is 16.8. The average Bonchev–Trinajstić information content (AvgIpc) is 3.56. The van der Waals surface area contributed by atoms with Gasteiger partial charge >= 0.3 is 6.18 Å². The summed E-state index contributed by atoms with van der Waals surface area (Å²) < 4.78 is 77.4. The molecule has 1 saturated heterocycles. The number of amides is 2. The third-order valence-corrected chi connectivity index (χ3v) is 7.75. The third kappa shape index (κ3) is 5.55. The van der Waals surface area contributed by atoms with Crippen molar-refractivity contribution in [2.75, 3.05) is 12.8 Å². The Hall–Kier alpha value is -2.95. The van der Waals surface area contributed by atoms with Gasteiger partial charge < -0.3 is 10.2 Å². The molecule has 2 amide bonds. The SMILES string of the molecule is C[C@@H]1C[C@H](C(=O)N[C@@H](c2ccc(C(F)(F)F)cc2F)C2CC2)N(C(=O)c2cccc(S(C)(=O)=O)c2)C1. The number of likely N-dealkylation sites (tertiary alicyclic amines) is 1. The van der Waals surface area contributed by atoms with Crippen LogP contribution in [0.2, 0.25) is 0 Å². The van der Waals surface area contributed by atoms with Crippen molar-refractivity contribution in [3.05, 3.63) is 65.0 Å². The van der Waals surface area contributed by atoms with E-state index in [-0.39, 0.29) is 34.4 Å². The van der Waals surface area contributed by atoms with E-state index in [4.69, 9.17) is 0 Å². The molecular weight excluding hydrogens is 500 g/mol. The van der Waals surface area contributed by atoms with Gasteiger partial charge in [0.15, 0.2) is 9.84 Å². The van der Waals surface area contributed by atoms with E-state index in [1.165, 1.54) is 29.2 Å². The molecule has 0 bridgehead atoms. The molecule has 6 nitrogen and oxygen atoms in total. The lowest BCUT2D eigenvalue weighted by Crippen LogP contribution is -2.47. The van der Waals surface area contributed by atoms with Crippen molar-refractivity contribution in [1.82, 2.24) is 10.2 Å². The predicted octanol–water partition coefficient (Wildman–Crippen LogP) is 4.37. The molecule has 194 valence electrons. The van der Waals surface area contributed by atoms with E-state index in [0.29, 0.717) is 25.3 Å². The summed E-state index contributed by atoms with van der Waals surface area (Å²) in [5, 5.41) is 2.78. The van der Waals surface area contributed by atoms with Crippen LogP contribution in [0.1, 0.15) is 53.7 Å². The summed E-state index contributed by atoms with van der Waals surface area (Å²) in [5.74, 6) is -2.22. The normalized spacial score (nSPS) is 21.3. The first-order valence-corrected chi connectivity index (χ1v) is 13.4. The fourth-order valence-corrected chi connectivity index (χ4v) is 5.30. The molecule has 1 saturated carbocycles. The van der Waals surface area contributed by atoms with E-state index in [1.54, 1.807) is 0 Å². The molecule has 3 atom stereocenters. The Morgan fingerprint density at radius 2 is 1.81 bits per heavy atom. The second-order valence-electron chi connectivity index (χ2n) is 9.67. The number of nitrogens with one attached hydrogen (secondary N) is 1. The van der Waals surface area contributed by atoms with Crippen LogP contribution in [0.25, 0.3) is 0 Å². The lowest BCUT2D eigenvalue weighted by Gasteiger charge is -2.27. The molecule has 1 N–H and O–H groups in total. The number of rotatable bonds is 6. The Labute approximate surface area is 206 Å². The lowest BCUT2D eigenvalue weighted by molar-refractivity contribution is -0.137. The molecule has 4 rings (SSSR count). The van der Waals surface area contributed by atoms with Crippen molar-refractivity contribution in [1.29, 1.82) is 0 Å². The quantitative estimate of drug-likeness (QED) is 0.567. The first-order valence-electron chi connectivity index (χ1n) is 11.5. The van der Waals surface area contributed by atoms with Crippen LogP contribution in [0.5, 0.6) is 0 Å². The highest BCUT2D eigenvalue weighted by molar-refractivity contribution is 7.90. The molecular formula is C25H26F4N2O4S. The van der Waals surface area contributed by atoms with Gasteiger partial charge in [-0.1, -0.05) is 19.1 Å².